The van der Waals surface area contributed by atoms with Gasteiger partial charge in [0, 0.05) is 18.6 Å². The number of rotatable bonds is 11. The highest BCUT2D eigenvalue weighted by Crippen LogP contribution is 2.19. The molecule has 0 aromatic carbocycles. The zero-order chi connectivity index (χ0) is 15.5. The third-order valence-corrected chi connectivity index (χ3v) is 3.48. The van der Waals surface area contributed by atoms with Gasteiger partial charge >= 0.3 is 5.97 Å². The summed E-state index contributed by atoms with van der Waals surface area (Å²) in [5.74, 6) is -1.01. The molecule has 1 aromatic rings. The average molecular weight is 297 g/mol. The topological polar surface area (TPSA) is 71.7 Å². The Labute approximate surface area is 126 Å². The van der Waals surface area contributed by atoms with Crippen LogP contribution in [0.3, 0.4) is 0 Å². The van der Waals surface area contributed by atoms with Gasteiger partial charge in [-0.05, 0) is 6.42 Å². The zero-order valence-corrected chi connectivity index (χ0v) is 12.9. The summed E-state index contributed by atoms with van der Waals surface area (Å²) < 4.78 is 0.732. The van der Waals surface area contributed by atoms with Gasteiger partial charge in [0.15, 0.2) is 0 Å². The van der Waals surface area contributed by atoms with Crippen molar-refractivity contribution >= 4 is 5.97 Å². The van der Waals surface area contributed by atoms with E-state index >= 15 is 0 Å². The molecule has 0 saturated carbocycles. The first kappa shape index (κ1) is 17.4. The smallest absolute Gasteiger partial charge is 0.333 e. The van der Waals surface area contributed by atoms with E-state index < -0.39 is 5.97 Å². The number of hydrogen-bond acceptors (Lipinski definition) is 4. The van der Waals surface area contributed by atoms with Gasteiger partial charge in [0.25, 0.3) is 0 Å². The van der Waals surface area contributed by atoms with Crippen molar-refractivity contribution in [3.8, 4) is 11.8 Å². The second-order valence-corrected chi connectivity index (χ2v) is 5.39. The Hall–Kier alpha value is -1.65. The van der Waals surface area contributed by atoms with Crippen LogP contribution in [-0.2, 0) is 4.79 Å². The standard InChI is InChI=1S/C16H27NO4/c1-2-3-4-5-6-7-8-9-10-11-16(20)21-17-14(18)12-13-15(17)19/h12-13,18-19H,2-11H2,1H3. The molecule has 0 aliphatic heterocycles. The van der Waals surface area contributed by atoms with Crippen molar-refractivity contribution in [1.82, 2.24) is 4.73 Å². The van der Waals surface area contributed by atoms with E-state index in [4.69, 9.17) is 4.84 Å². The Morgan fingerprint density at radius 2 is 1.43 bits per heavy atom. The van der Waals surface area contributed by atoms with Crippen LogP contribution in [0.2, 0.25) is 0 Å². The molecule has 0 saturated heterocycles. The summed E-state index contributed by atoms with van der Waals surface area (Å²) in [6.45, 7) is 2.21. The van der Waals surface area contributed by atoms with Gasteiger partial charge in [-0.15, -0.1) is 4.73 Å². The summed E-state index contributed by atoms with van der Waals surface area (Å²) in [6.07, 6.45) is 10.9. The molecule has 0 amide bonds. The molecule has 0 atom stereocenters. The van der Waals surface area contributed by atoms with Gasteiger partial charge in [0.2, 0.25) is 11.8 Å². The fraction of sp³-hybridized carbons (Fsp3) is 0.688. The summed E-state index contributed by atoms with van der Waals surface area (Å²) >= 11 is 0. The first-order chi connectivity index (χ1) is 10.1. The molecule has 21 heavy (non-hydrogen) atoms. The molecule has 0 spiro atoms. The molecular weight excluding hydrogens is 270 g/mol. The number of nitrogens with zero attached hydrogens (tertiary/aromatic N) is 1. The third-order valence-electron chi connectivity index (χ3n) is 3.48. The fourth-order valence-electron chi connectivity index (χ4n) is 2.22. The van der Waals surface area contributed by atoms with Crippen molar-refractivity contribution in [2.75, 3.05) is 0 Å². The van der Waals surface area contributed by atoms with Gasteiger partial charge in [0.1, 0.15) is 0 Å². The van der Waals surface area contributed by atoms with Crippen molar-refractivity contribution < 1.29 is 19.8 Å². The lowest BCUT2D eigenvalue weighted by Crippen LogP contribution is -2.18. The second-order valence-electron chi connectivity index (χ2n) is 5.39. The minimum atomic E-state index is -0.445. The van der Waals surface area contributed by atoms with Crippen molar-refractivity contribution in [3.63, 3.8) is 0 Å². The normalized spacial score (nSPS) is 10.7. The second kappa shape index (κ2) is 10.1. The van der Waals surface area contributed by atoms with Crippen LogP contribution in [0, 0.1) is 0 Å². The Morgan fingerprint density at radius 1 is 0.952 bits per heavy atom. The van der Waals surface area contributed by atoms with E-state index in [-0.39, 0.29) is 11.8 Å². The van der Waals surface area contributed by atoms with E-state index in [2.05, 4.69) is 6.92 Å². The Bertz CT molecular complexity index is 395. The van der Waals surface area contributed by atoms with Crippen LogP contribution >= 0.6 is 0 Å². The molecule has 0 bridgehead atoms. The number of aromatic nitrogens is 1. The quantitative estimate of drug-likeness (QED) is 0.610. The van der Waals surface area contributed by atoms with Gasteiger partial charge < -0.3 is 15.1 Å². The summed E-state index contributed by atoms with van der Waals surface area (Å²) in [4.78, 5) is 16.4. The van der Waals surface area contributed by atoms with Crippen molar-refractivity contribution in [1.29, 1.82) is 0 Å². The third kappa shape index (κ3) is 7.06. The van der Waals surface area contributed by atoms with Gasteiger partial charge in [-0.3, -0.25) is 0 Å². The maximum absolute atomic E-state index is 11.6. The fourth-order valence-corrected chi connectivity index (χ4v) is 2.22. The van der Waals surface area contributed by atoms with Crippen molar-refractivity contribution in [2.24, 2.45) is 0 Å². The van der Waals surface area contributed by atoms with Crippen molar-refractivity contribution in [2.45, 2.75) is 71.1 Å². The molecule has 0 aliphatic carbocycles. The van der Waals surface area contributed by atoms with E-state index in [1.54, 1.807) is 0 Å². The van der Waals surface area contributed by atoms with Crippen LogP contribution in [-0.4, -0.2) is 20.9 Å². The van der Waals surface area contributed by atoms with Gasteiger partial charge in [-0.2, -0.15) is 0 Å². The van der Waals surface area contributed by atoms with Crippen LogP contribution in [0.4, 0.5) is 0 Å². The molecule has 0 radical (unpaired) electrons. The summed E-state index contributed by atoms with van der Waals surface area (Å²) in [7, 11) is 0. The molecule has 5 heteroatoms. The van der Waals surface area contributed by atoms with E-state index in [0.717, 1.165) is 24.0 Å². The molecule has 0 unspecified atom stereocenters. The first-order valence-electron chi connectivity index (χ1n) is 7.96. The van der Waals surface area contributed by atoms with E-state index in [0.29, 0.717) is 6.42 Å². The Kier molecular flexibility index (Phi) is 8.40. The molecular formula is C16H27NO4. The summed E-state index contributed by atoms with van der Waals surface area (Å²) in [6, 6.07) is 2.53. The largest absolute Gasteiger partial charge is 0.492 e. The molecule has 1 heterocycles. The summed E-state index contributed by atoms with van der Waals surface area (Å²) in [5, 5.41) is 18.7. The lowest BCUT2D eigenvalue weighted by Gasteiger charge is -2.06. The van der Waals surface area contributed by atoms with Crippen LogP contribution in [0.1, 0.15) is 71.1 Å². The van der Waals surface area contributed by atoms with Crippen LogP contribution in [0.15, 0.2) is 12.1 Å². The predicted molar refractivity (Wildman–Crippen MR) is 81.2 cm³/mol. The molecule has 1 aromatic heterocycles. The zero-order valence-electron chi connectivity index (χ0n) is 12.9. The van der Waals surface area contributed by atoms with Crippen LogP contribution < -0.4 is 4.84 Å². The maximum Gasteiger partial charge on any atom is 0.333 e. The van der Waals surface area contributed by atoms with Gasteiger partial charge in [-0.1, -0.05) is 58.3 Å². The van der Waals surface area contributed by atoms with E-state index in [9.17, 15) is 15.0 Å². The lowest BCUT2D eigenvalue weighted by molar-refractivity contribution is -0.145. The Morgan fingerprint density at radius 3 is 1.95 bits per heavy atom. The van der Waals surface area contributed by atoms with E-state index in [1.807, 2.05) is 0 Å². The number of unbranched alkanes of at least 4 members (excludes halogenated alkanes) is 8. The van der Waals surface area contributed by atoms with Gasteiger partial charge in [0.05, 0.1) is 0 Å². The minimum absolute atomic E-state index is 0.284. The first-order valence-corrected chi connectivity index (χ1v) is 7.96. The minimum Gasteiger partial charge on any atom is -0.492 e. The van der Waals surface area contributed by atoms with Crippen LogP contribution in [0.5, 0.6) is 11.8 Å². The molecule has 0 aliphatic rings. The van der Waals surface area contributed by atoms with Gasteiger partial charge in [-0.25, -0.2) is 4.79 Å². The molecule has 2 N–H and O–H groups in total. The number of carbonyl (C=O) groups is 1. The number of hydrogen-bond donors (Lipinski definition) is 2. The summed E-state index contributed by atoms with van der Waals surface area (Å²) in [5.41, 5.74) is 0. The van der Waals surface area contributed by atoms with Crippen molar-refractivity contribution in [3.05, 3.63) is 12.1 Å². The monoisotopic (exact) mass is 297 g/mol. The number of carbonyl (C=O) groups excluding carboxylic acids is 1. The lowest BCUT2D eigenvalue weighted by atomic mass is 10.1. The average Bonchev–Trinajstić information content (AvgIpc) is 2.77. The Balaban J connectivity index is 2.01. The highest BCUT2D eigenvalue weighted by Gasteiger charge is 2.11. The maximum atomic E-state index is 11.6. The SMILES string of the molecule is CCCCCCCCCCCC(=O)On1c(O)ccc1O. The molecule has 120 valence electrons. The predicted octanol–water partition coefficient (Wildman–Crippen LogP) is 3.78. The molecule has 5 nitrogen and oxygen atoms in total. The highest BCUT2D eigenvalue weighted by molar-refractivity contribution is 5.69. The molecule has 1 rings (SSSR count). The van der Waals surface area contributed by atoms with E-state index in [1.165, 1.54) is 50.7 Å². The number of aromatic hydroxyl groups is 2. The molecule has 0 fully saturated rings. The highest BCUT2D eigenvalue weighted by atomic mass is 16.7. The van der Waals surface area contributed by atoms with Crippen LogP contribution in [0.25, 0.3) is 0 Å².